The first-order chi connectivity index (χ1) is 14.3. The summed E-state index contributed by atoms with van der Waals surface area (Å²) in [5.41, 5.74) is 3.21. The predicted octanol–water partition coefficient (Wildman–Crippen LogP) is 9.47. The molecule has 0 nitrogen and oxygen atoms in total. The Morgan fingerprint density at radius 2 is 1.31 bits per heavy atom. The largest absolute Gasteiger partial charge is 0.0654 e. The monoisotopic (exact) mass is 396 g/mol. The van der Waals surface area contributed by atoms with Crippen molar-refractivity contribution in [3.05, 3.63) is 35.4 Å². The first-order valence-corrected chi connectivity index (χ1v) is 13.4. The standard InChI is InChI=1S/C29H48/c1-3-5-7-10-27-11-8-12-29(23-27)28-21-19-26(20-22-28)18-17-25-15-13-24(14-16-25)9-6-4-2/h19-22,24-25,27,29H,3-18,23H2,1-2H3/t24-,25-,27-,29-/m0/s1. The highest BCUT2D eigenvalue weighted by molar-refractivity contribution is 5.26. The number of hydrogen-bond donors (Lipinski definition) is 0. The van der Waals surface area contributed by atoms with Gasteiger partial charge in [-0.05, 0) is 60.5 Å². The fourth-order valence-electron chi connectivity index (χ4n) is 6.17. The molecule has 0 aliphatic heterocycles. The van der Waals surface area contributed by atoms with Crippen molar-refractivity contribution in [2.75, 3.05) is 0 Å². The fraction of sp³-hybridized carbons (Fsp3) is 0.793. The molecule has 0 spiro atoms. The first kappa shape index (κ1) is 22.9. The summed E-state index contributed by atoms with van der Waals surface area (Å²) in [6, 6.07) is 9.89. The third-order valence-corrected chi connectivity index (χ3v) is 8.22. The molecule has 2 aliphatic carbocycles. The predicted molar refractivity (Wildman–Crippen MR) is 129 cm³/mol. The van der Waals surface area contributed by atoms with Crippen molar-refractivity contribution in [3.63, 3.8) is 0 Å². The zero-order valence-corrected chi connectivity index (χ0v) is 19.6. The Balaban J connectivity index is 1.39. The van der Waals surface area contributed by atoms with Gasteiger partial charge in [-0.1, -0.05) is 122 Å². The topological polar surface area (TPSA) is 0 Å². The lowest BCUT2D eigenvalue weighted by molar-refractivity contribution is 0.250. The summed E-state index contributed by atoms with van der Waals surface area (Å²) < 4.78 is 0. The van der Waals surface area contributed by atoms with E-state index in [4.69, 9.17) is 0 Å². The van der Waals surface area contributed by atoms with E-state index < -0.39 is 0 Å². The van der Waals surface area contributed by atoms with Crippen LogP contribution in [0.3, 0.4) is 0 Å². The first-order valence-electron chi connectivity index (χ1n) is 13.4. The summed E-state index contributed by atoms with van der Waals surface area (Å²) in [7, 11) is 0. The van der Waals surface area contributed by atoms with Gasteiger partial charge >= 0.3 is 0 Å². The van der Waals surface area contributed by atoms with Gasteiger partial charge in [0.25, 0.3) is 0 Å². The zero-order valence-electron chi connectivity index (χ0n) is 19.6. The maximum absolute atomic E-state index is 2.48. The van der Waals surface area contributed by atoms with Gasteiger partial charge in [-0.3, -0.25) is 0 Å². The van der Waals surface area contributed by atoms with Crippen LogP contribution in [0.4, 0.5) is 0 Å². The number of unbranched alkanes of at least 4 members (excludes halogenated alkanes) is 3. The maximum Gasteiger partial charge on any atom is -0.0159 e. The van der Waals surface area contributed by atoms with Crippen molar-refractivity contribution in [2.45, 2.75) is 129 Å². The quantitative estimate of drug-likeness (QED) is 0.327. The average molecular weight is 397 g/mol. The van der Waals surface area contributed by atoms with Crippen molar-refractivity contribution in [2.24, 2.45) is 17.8 Å². The Morgan fingerprint density at radius 1 is 0.655 bits per heavy atom. The molecule has 0 bridgehead atoms. The molecule has 0 heteroatoms. The molecule has 1 aromatic rings. The number of aryl methyl sites for hydroxylation is 1. The molecule has 2 atom stereocenters. The van der Waals surface area contributed by atoms with Crippen molar-refractivity contribution in [3.8, 4) is 0 Å². The highest BCUT2D eigenvalue weighted by Gasteiger charge is 2.23. The maximum atomic E-state index is 2.48. The van der Waals surface area contributed by atoms with E-state index in [1.165, 1.54) is 109 Å². The van der Waals surface area contributed by atoms with E-state index in [1.54, 1.807) is 11.1 Å². The van der Waals surface area contributed by atoms with Gasteiger partial charge in [0.05, 0.1) is 0 Å². The lowest BCUT2D eigenvalue weighted by atomic mass is 9.76. The molecule has 0 radical (unpaired) electrons. The molecule has 0 heterocycles. The van der Waals surface area contributed by atoms with Crippen LogP contribution in [0, 0.1) is 17.8 Å². The number of hydrogen-bond acceptors (Lipinski definition) is 0. The summed E-state index contributed by atoms with van der Waals surface area (Å²) in [6.45, 7) is 4.65. The SMILES string of the molecule is CCCCC[C@H]1CCC[C@H](c2ccc(CC[C@H]3CC[C@H](CCCC)CC3)cc2)C1. The molecule has 0 unspecified atom stereocenters. The van der Waals surface area contributed by atoms with Gasteiger partial charge in [0.1, 0.15) is 0 Å². The molecule has 2 aliphatic rings. The van der Waals surface area contributed by atoms with Gasteiger partial charge in [0.2, 0.25) is 0 Å². The van der Waals surface area contributed by atoms with E-state index in [2.05, 4.69) is 38.1 Å². The van der Waals surface area contributed by atoms with E-state index in [1.807, 2.05) is 0 Å². The van der Waals surface area contributed by atoms with Gasteiger partial charge in [0.15, 0.2) is 0 Å². The van der Waals surface area contributed by atoms with Crippen molar-refractivity contribution < 1.29 is 0 Å². The third-order valence-electron chi connectivity index (χ3n) is 8.22. The minimum atomic E-state index is 0.836. The molecule has 2 fully saturated rings. The Kier molecular flexibility index (Phi) is 10.1. The van der Waals surface area contributed by atoms with E-state index >= 15 is 0 Å². The molecular formula is C29H48. The molecule has 0 saturated heterocycles. The van der Waals surface area contributed by atoms with Gasteiger partial charge in [-0.25, -0.2) is 0 Å². The Labute approximate surface area is 182 Å². The van der Waals surface area contributed by atoms with Crippen LogP contribution in [-0.4, -0.2) is 0 Å². The summed E-state index contributed by atoms with van der Waals surface area (Å²) in [6.07, 6.45) is 24.5. The second kappa shape index (κ2) is 12.8. The average Bonchev–Trinajstić information content (AvgIpc) is 2.78. The number of benzene rings is 1. The molecule has 3 rings (SSSR count). The van der Waals surface area contributed by atoms with E-state index in [9.17, 15) is 0 Å². The second-order valence-electron chi connectivity index (χ2n) is 10.5. The van der Waals surface area contributed by atoms with Crippen LogP contribution in [0.25, 0.3) is 0 Å². The Bertz CT molecular complexity index is 534. The smallest absolute Gasteiger partial charge is 0.0159 e. The molecule has 0 N–H and O–H groups in total. The van der Waals surface area contributed by atoms with Crippen LogP contribution < -0.4 is 0 Å². The molecule has 29 heavy (non-hydrogen) atoms. The molecular weight excluding hydrogens is 348 g/mol. The summed E-state index contributed by atoms with van der Waals surface area (Å²) in [4.78, 5) is 0. The highest BCUT2D eigenvalue weighted by atomic mass is 14.3. The third kappa shape index (κ3) is 7.76. The number of rotatable bonds is 11. The zero-order chi connectivity index (χ0) is 20.3. The van der Waals surface area contributed by atoms with Crippen LogP contribution in [-0.2, 0) is 6.42 Å². The van der Waals surface area contributed by atoms with Gasteiger partial charge in [-0.15, -0.1) is 0 Å². The van der Waals surface area contributed by atoms with Crippen molar-refractivity contribution in [1.29, 1.82) is 0 Å². The molecule has 0 amide bonds. The minimum absolute atomic E-state index is 0.836. The van der Waals surface area contributed by atoms with Crippen LogP contribution in [0.5, 0.6) is 0 Å². The Morgan fingerprint density at radius 3 is 2.00 bits per heavy atom. The van der Waals surface area contributed by atoms with E-state index in [0.717, 1.165) is 23.7 Å². The fourth-order valence-corrected chi connectivity index (χ4v) is 6.17. The normalized spacial score (nSPS) is 27.8. The van der Waals surface area contributed by atoms with E-state index in [0.29, 0.717) is 0 Å². The van der Waals surface area contributed by atoms with Crippen molar-refractivity contribution >= 4 is 0 Å². The summed E-state index contributed by atoms with van der Waals surface area (Å²) >= 11 is 0. The van der Waals surface area contributed by atoms with Crippen molar-refractivity contribution in [1.82, 2.24) is 0 Å². The highest BCUT2D eigenvalue weighted by Crippen LogP contribution is 2.39. The van der Waals surface area contributed by atoms with E-state index in [-0.39, 0.29) is 0 Å². The van der Waals surface area contributed by atoms with Crippen LogP contribution >= 0.6 is 0 Å². The molecule has 1 aromatic carbocycles. The molecule has 0 aromatic heterocycles. The van der Waals surface area contributed by atoms with Gasteiger partial charge in [-0.2, -0.15) is 0 Å². The Hall–Kier alpha value is -0.780. The second-order valence-corrected chi connectivity index (χ2v) is 10.5. The van der Waals surface area contributed by atoms with Crippen LogP contribution in [0.2, 0.25) is 0 Å². The minimum Gasteiger partial charge on any atom is -0.0654 e. The van der Waals surface area contributed by atoms with Gasteiger partial charge < -0.3 is 0 Å². The van der Waals surface area contributed by atoms with Crippen LogP contribution in [0.1, 0.15) is 134 Å². The summed E-state index contributed by atoms with van der Waals surface area (Å²) in [5.74, 6) is 3.87. The molecule has 164 valence electrons. The lowest BCUT2D eigenvalue weighted by Crippen LogP contribution is -2.15. The van der Waals surface area contributed by atoms with Crippen LogP contribution in [0.15, 0.2) is 24.3 Å². The summed E-state index contributed by atoms with van der Waals surface area (Å²) in [5, 5.41) is 0. The lowest BCUT2D eigenvalue weighted by Gasteiger charge is -2.30. The van der Waals surface area contributed by atoms with Gasteiger partial charge in [0, 0.05) is 0 Å². The molecule has 2 saturated carbocycles.